The Labute approximate surface area is 221 Å². The van der Waals surface area contributed by atoms with Crippen LogP contribution in [0.15, 0.2) is 54.6 Å². The van der Waals surface area contributed by atoms with Gasteiger partial charge < -0.3 is 20.3 Å². The molecule has 2 unspecified atom stereocenters. The maximum atomic E-state index is 14.3. The van der Waals surface area contributed by atoms with Gasteiger partial charge in [-0.3, -0.25) is 9.59 Å². The lowest BCUT2D eigenvalue weighted by atomic mass is 9.87. The lowest BCUT2D eigenvalue weighted by Gasteiger charge is -2.44. The Hall–Kier alpha value is -3.35. The van der Waals surface area contributed by atoms with E-state index in [0.29, 0.717) is 0 Å². The lowest BCUT2D eigenvalue weighted by Crippen LogP contribution is -2.58. The van der Waals surface area contributed by atoms with Gasteiger partial charge in [0.05, 0.1) is 0 Å². The highest BCUT2D eigenvalue weighted by Crippen LogP contribution is 2.34. The fourth-order valence-electron chi connectivity index (χ4n) is 4.50. The van der Waals surface area contributed by atoms with Crippen LogP contribution in [0.2, 0.25) is 0 Å². The smallest absolute Gasteiger partial charge is 0.408 e. The number of ether oxygens (including phenoxy) is 1. The summed E-state index contributed by atoms with van der Waals surface area (Å²) in [6.45, 7) is 11.1. The van der Waals surface area contributed by atoms with Crippen LogP contribution in [-0.4, -0.2) is 46.5 Å². The van der Waals surface area contributed by atoms with Crippen molar-refractivity contribution in [3.05, 3.63) is 71.3 Å². The molecule has 7 heteroatoms. The second kappa shape index (κ2) is 12.3. The Kier molecular flexibility index (Phi) is 9.35. The second-order valence-corrected chi connectivity index (χ2v) is 11.2. The molecule has 2 N–H and O–H groups in total. The van der Waals surface area contributed by atoms with Gasteiger partial charge in [0.15, 0.2) is 0 Å². The number of carbonyl (C=O) groups excluding carboxylic acids is 3. The number of aryl methyl sites for hydroxylation is 1. The van der Waals surface area contributed by atoms with Gasteiger partial charge in [-0.1, -0.05) is 60.2 Å². The predicted molar refractivity (Wildman–Crippen MR) is 145 cm³/mol. The molecule has 0 bridgehead atoms. The number of benzene rings is 2. The van der Waals surface area contributed by atoms with Crippen LogP contribution >= 0.6 is 0 Å². The third-order valence-corrected chi connectivity index (χ3v) is 6.31. The Morgan fingerprint density at radius 1 is 1.00 bits per heavy atom. The summed E-state index contributed by atoms with van der Waals surface area (Å²) in [7, 11) is 0. The third-order valence-electron chi connectivity index (χ3n) is 6.31. The van der Waals surface area contributed by atoms with Crippen LogP contribution in [-0.2, 0) is 20.7 Å². The zero-order valence-corrected chi connectivity index (χ0v) is 22.9. The largest absolute Gasteiger partial charge is 0.444 e. The molecule has 1 saturated carbocycles. The van der Waals surface area contributed by atoms with Gasteiger partial charge in [-0.2, -0.15) is 0 Å². The molecule has 3 amide bonds. The van der Waals surface area contributed by atoms with Gasteiger partial charge in [-0.05, 0) is 71.9 Å². The van der Waals surface area contributed by atoms with Crippen molar-refractivity contribution in [1.82, 2.24) is 15.5 Å². The van der Waals surface area contributed by atoms with Crippen LogP contribution in [0, 0.1) is 6.92 Å². The molecule has 2 aromatic carbocycles. The highest BCUT2D eigenvalue weighted by molar-refractivity contribution is 5.92. The van der Waals surface area contributed by atoms with E-state index in [2.05, 4.69) is 10.6 Å². The zero-order valence-electron chi connectivity index (χ0n) is 22.9. The molecule has 0 spiro atoms. The second-order valence-electron chi connectivity index (χ2n) is 11.2. The van der Waals surface area contributed by atoms with Gasteiger partial charge in [0.2, 0.25) is 11.8 Å². The summed E-state index contributed by atoms with van der Waals surface area (Å²) in [6.07, 6.45) is 2.24. The summed E-state index contributed by atoms with van der Waals surface area (Å²) in [5.41, 5.74) is 1.96. The van der Waals surface area contributed by atoms with E-state index in [1.807, 2.05) is 75.4 Å². The molecule has 37 heavy (non-hydrogen) atoms. The number of nitrogens with one attached hydrogen (secondary N) is 2. The first-order valence-electron chi connectivity index (χ1n) is 13.2. The van der Waals surface area contributed by atoms with Gasteiger partial charge >= 0.3 is 6.09 Å². The maximum Gasteiger partial charge on any atom is 0.408 e. The molecule has 0 aromatic heterocycles. The van der Waals surface area contributed by atoms with Crippen molar-refractivity contribution in [1.29, 1.82) is 0 Å². The standard InChI is InChI=1S/C30H41N3O4/c1-20(2)31-27(34)26(23-15-10-12-21(3)18-23)33(24-16-11-17-24)28(35)25(19-22-13-8-7-9-14-22)32-29(36)37-30(4,5)6/h7-10,12-15,18,20,24-26H,11,16-17,19H2,1-6H3,(H,31,34)(H,32,36). The number of carbonyl (C=O) groups is 3. The Bertz CT molecular complexity index is 1070. The average molecular weight is 508 g/mol. The van der Waals surface area contributed by atoms with Crippen LogP contribution in [0.1, 0.15) is 76.6 Å². The third kappa shape index (κ3) is 8.07. The predicted octanol–water partition coefficient (Wildman–Crippen LogP) is 5.08. The molecule has 1 aliphatic carbocycles. The molecular formula is C30H41N3O4. The fourth-order valence-corrected chi connectivity index (χ4v) is 4.50. The van der Waals surface area contributed by atoms with Crippen molar-refractivity contribution in [2.24, 2.45) is 0 Å². The van der Waals surface area contributed by atoms with Gasteiger partial charge in [0.1, 0.15) is 17.7 Å². The maximum absolute atomic E-state index is 14.3. The minimum atomic E-state index is -0.892. The quantitative estimate of drug-likeness (QED) is 0.496. The molecular weight excluding hydrogens is 466 g/mol. The summed E-state index contributed by atoms with van der Waals surface area (Å²) in [5, 5.41) is 5.83. The number of hydrogen-bond acceptors (Lipinski definition) is 4. The fraction of sp³-hybridized carbons (Fsp3) is 0.500. The van der Waals surface area contributed by atoms with Crippen LogP contribution in [0.3, 0.4) is 0 Å². The van der Waals surface area contributed by atoms with E-state index in [4.69, 9.17) is 4.74 Å². The molecule has 0 saturated heterocycles. The monoisotopic (exact) mass is 507 g/mol. The van der Waals surface area contributed by atoms with Gasteiger partial charge in [-0.25, -0.2) is 4.79 Å². The normalized spacial score (nSPS) is 15.3. The zero-order chi connectivity index (χ0) is 27.2. The first-order chi connectivity index (χ1) is 17.4. The SMILES string of the molecule is Cc1cccc(C(C(=O)NC(C)C)N(C(=O)C(Cc2ccccc2)NC(=O)OC(C)(C)C)C2CCC2)c1. The molecule has 2 aromatic rings. The van der Waals surface area contributed by atoms with Gasteiger partial charge in [0.25, 0.3) is 0 Å². The first-order valence-corrected chi connectivity index (χ1v) is 13.2. The summed E-state index contributed by atoms with van der Waals surface area (Å²) >= 11 is 0. The highest BCUT2D eigenvalue weighted by Gasteiger charge is 2.42. The topological polar surface area (TPSA) is 87.7 Å². The number of alkyl carbamates (subject to hydrolysis) is 1. The van der Waals surface area contributed by atoms with E-state index in [-0.39, 0.29) is 30.3 Å². The van der Waals surface area contributed by atoms with E-state index < -0.39 is 23.8 Å². The van der Waals surface area contributed by atoms with Crippen molar-refractivity contribution < 1.29 is 19.1 Å². The van der Waals surface area contributed by atoms with Crippen LogP contribution in [0.4, 0.5) is 4.79 Å². The van der Waals surface area contributed by atoms with Crippen molar-refractivity contribution >= 4 is 17.9 Å². The summed E-state index contributed by atoms with van der Waals surface area (Å²) in [5.74, 6) is -0.513. The molecule has 1 fully saturated rings. The Morgan fingerprint density at radius 2 is 1.68 bits per heavy atom. The Morgan fingerprint density at radius 3 is 2.22 bits per heavy atom. The summed E-state index contributed by atoms with van der Waals surface area (Å²) < 4.78 is 5.50. The molecule has 3 rings (SSSR count). The average Bonchev–Trinajstić information content (AvgIpc) is 2.75. The number of hydrogen-bond donors (Lipinski definition) is 2. The highest BCUT2D eigenvalue weighted by atomic mass is 16.6. The summed E-state index contributed by atoms with van der Waals surface area (Å²) in [4.78, 5) is 42.5. The van der Waals surface area contributed by atoms with E-state index in [0.717, 1.165) is 36.0 Å². The first kappa shape index (κ1) is 28.2. The number of rotatable bonds is 9. The van der Waals surface area contributed by atoms with Crippen LogP contribution in [0.5, 0.6) is 0 Å². The molecule has 0 radical (unpaired) electrons. The number of nitrogens with zero attached hydrogens (tertiary/aromatic N) is 1. The Balaban J connectivity index is 2.03. The minimum absolute atomic E-state index is 0.0850. The summed E-state index contributed by atoms with van der Waals surface area (Å²) in [6, 6.07) is 15.4. The number of amides is 3. The van der Waals surface area contributed by atoms with Crippen molar-refractivity contribution in [2.45, 2.75) is 97.0 Å². The lowest BCUT2D eigenvalue weighted by molar-refractivity contribution is -0.147. The van der Waals surface area contributed by atoms with Crippen LogP contribution in [0.25, 0.3) is 0 Å². The van der Waals surface area contributed by atoms with Gasteiger partial charge in [0, 0.05) is 18.5 Å². The van der Waals surface area contributed by atoms with E-state index in [1.165, 1.54) is 0 Å². The molecule has 0 heterocycles. The van der Waals surface area contributed by atoms with E-state index in [9.17, 15) is 14.4 Å². The molecule has 200 valence electrons. The minimum Gasteiger partial charge on any atom is -0.444 e. The van der Waals surface area contributed by atoms with Gasteiger partial charge in [-0.15, -0.1) is 0 Å². The molecule has 7 nitrogen and oxygen atoms in total. The molecule has 0 aliphatic heterocycles. The van der Waals surface area contributed by atoms with Crippen molar-refractivity contribution in [3.8, 4) is 0 Å². The van der Waals surface area contributed by atoms with Crippen molar-refractivity contribution in [2.75, 3.05) is 0 Å². The molecule has 1 aliphatic rings. The molecule has 2 atom stereocenters. The van der Waals surface area contributed by atoms with Crippen LogP contribution < -0.4 is 10.6 Å². The van der Waals surface area contributed by atoms with E-state index >= 15 is 0 Å². The van der Waals surface area contributed by atoms with E-state index in [1.54, 1.807) is 25.7 Å². The van der Waals surface area contributed by atoms with Crippen molar-refractivity contribution in [3.63, 3.8) is 0 Å².